The second-order valence-corrected chi connectivity index (χ2v) is 4.62. The van der Waals surface area contributed by atoms with Gasteiger partial charge in [0.15, 0.2) is 0 Å². The Morgan fingerprint density at radius 2 is 1.56 bits per heavy atom. The Kier molecular flexibility index (Phi) is 5.07. The van der Waals surface area contributed by atoms with Crippen molar-refractivity contribution in [2.75, 3.05) is 6.26 Å². The summed E-state index contributed by atoms with van der Waals surface area (Å²) in [4.78, 5) is 11.9. The van der Waals surface area contributed by atoms with Gasteiger partial charge in [0.2, 0.25) is 5.12 Å². The number of hydrogen-bond acceptors (Lipinski definition) is 2. The molecule has 1 aromatic rings. The molecule has 0 aliphatic carbocycles. The van der Waals surface area contributed by atoms with E-state index in [-0.39, 0.29) is 5.12 Å². The van der Waals surface area contributed by atoms with Gasteiger partial charge < -0.3 is 0 Å². The first-order valence-corrected chi connectivity index (χ1v) is 7.13. The van der Waals surface area contributed by atoms with Gasteiger partial charge in [-0.3, -0.25) is 4.79 Å². The molecule has 0 saturated heterocycles. The molecule has 0 aliphatic rings. The molecule has 0 aliphatic heterocycles. The van der Waals surface area contributed by atoms with Gasteiger partial charge in [-0.15, -0.1) is 0 Å². The third-order valence-corrected chi connectivity index (χ3v) is 3.50. The molecule has 2 heteroatoms. The van der Waals surface area contributed by atoms with Gasteiger partial charge in [0.05, 0.1) is 0 Å². The third kappa shape index (κ3) is 2.67. The lowest BCUT2D eigenvalue weighted by Crippen LogP contribution is -2.05. The van der Waals surface area contributed by atoms with Gasteiger partial charge >= 0.3 is 0 Å². The number of aryl methyl sites for hydroxylation is 3. The Morgan fingerprint density at radius 3 is 1.88 bits per heavy atom. The SMILES string of the molecule is CCc1cc(CC)c(C(=O)SC)c(CC)c1. The standard InChI is InChI=1S/C14H20OS/c1-5-10-8-11(6-2)13(14(15)16-4)12(7-3)9-10/h8-9H,5-7H2,1-4H3. The molecule has 0 atom stereocenters. The zero-order valence-corrected chi connectivity index (χ0v) is 11.4. The van der Waals surface area contributed by atoms with Crippen LogP contribution in [0.4, 0.5) is 0 Å². The number of thioether (sulfide) groups is 1. The third-order valence-electron chi connectivity index (χ3n) is 2.92. The first kappa shape index (κ1) is 13.3. The van der Waals surface area contributed by atoms with Crippen LogP contribution in [0, 0.1) is 0 Å². The van der Waals surface area contributed by atoms with Gasteiger partial charge in [0, 0.05) is 5.56 Å². The van der Waals surface area contributed by atoms with E-state index in [4.69, 9.17) is 0 Å². The smallest absolute Gasteiger partial charge is 0.219 e. The number of hydrogen-bond donors (Lipinski definition) is 0. The average Bonchev–Trinajstić information content (AvgIpc) is 2.35. The molecule has 0 unspecified atom stereocenters. The topological polar surface area (TPSA) is 17.1 Å². The van der Waals surface area contributed by atoms with Crippen molar-refractivity contribution in [2.24, 2.45) is 0 Å². The van der Waals surface area contributed by atoms with E-state index in [1.54, 1.807) is 0 Å². The van der Waals surface area contributed by atoms with Crippen LogP contribution in [0.1, 0.15) is 47.8 Å². The number of carbonyl (C=O) groups is 1. The summed E-state index contributed by atoms with van der Waals surface area (Å²) in [5.74, 6) is 0. The van der Waals surface area contributed by atoms with Crippen molar-refractivity contribution in [3.63, 3.8) is 0 Å². The monoisotopic (exact) mass is 236 g/mol. The molecule has 0 fully saturated rings. The predicted molar refractivity (Wildman–Crippen MR) is 72.4 cm³/mol. The maximum Gasteiger partial charge on any atom is 0.219 e. The fourth-order valence-corrected chi connectivity index (χ4v) is 2.43. The van der Waals surface area contributed by atoms with Crippen LogP contribution in [0.25, 0.3) is 0 Å². The number of carbonyl (C=O) groups excluding carboxylic acids is 1. The molecule has 0 amide bonds. The van der Waals surface area contributed by atoms with Gasteiger partial charge in [0.25, 0.3) is 0 Å². The van der Waals surface area contributed by atoms with E-state index in [9.17, 15) is 4.79 Å². The van der Waals surface area contributed by atoms with Crippen LogP contribution < -0.4 is 0 Å². The van der Waals surface area contributed by atoms with Crippen LogP contribution in [0.15, 0.2) is 12.1 Å². The first-order chi connectivity index (χ1) is 7.67. The van der Waals surface area contributed by atoms with Crippen LogP contribution in [-0.4, -0.2) is 11.4 Å². The highest BCUT2D eigenvalue weighted by molar-refractivity contribution is 8.13. The van der Waals surface area contributed by atoms with Gasteiger partial charge in [0.1, 0.15) is 0 Å². The second-order valence-electron chi connectivity index (χ2n) is 3.84. The van der Waals surface area contributed by atoms with Gasteiger partial charge in [-0.2, -0.15) is 0 Å². The van der Waals surface area contributed by atoms with Crippen molar-refractivity contribution in [3.8, 4) is 0 Å². The summed E-state index contributed by atoms with van der Waals surface area (Å²) >= 11 is 1.31. The molecule has 0 bridgehead atoms. The summed E-state index contributed by atoms with van der Waals surface area (Å²) in [6, 6.07) is 4.37. The minimum Gasteiger partial charge on any atom is -0.282 e. The van der Waals surface area contributed by atoms with E-state index in [1.807, 2.05) is 6.26 Å². The normalized spacial score (nSPS) is 10.5. The van der Waals surface area contributed by atoms with E-state index >= 15 is 0 Å². The summed E-state index contributed by atoms with van der Waals surface area (Å²) < 4.78 is 0. The van der Waals surface area contributed by atoms with Crippen molar-refractivity contribution < 1.29 is 4.79 Å². The molecule has 1 aromatic carbocycles. The van der Waals surface area contributed by atoms with Crippen LogP contribution in [0.2, 0.25) is 0 Å². The van der Waals surface area contributed by atoms with Gasteiger partial charge in [-0.1, -0.05) is 44.7 Å². The van der Waals surface area contributed by atoms with E-state index in [0.717, 1.165) is 24.8 Å². The largest absolute Gasteiger partial charge is 0.282 e. The molecular weight excluding hydrogens is 216 g/mol. The molecule has 0 aromatic heterocycles. The van der Waals surface area contributed by atoms with Crippen molar-refractivity contribution >= 4 is 16.9 Å². The van der Waals surface area contributed by atoms with Gasteiger partial charge in [-0.05, 0) is 42.2 Å². The summed E-state index contributed by atoms with van der Waals surface area (Å²) in [6.07, 6.45) is 4.76. The van der Waals surface area contributed by atoms with Crippen molar-refractivity contribution in [3.05, 3.63) is 34.4 Å². The zero-order chi connectivity index (χ0) is 12.1. The van der Waals surface area contributed by atoms with Crippen LogP contribution in [0.3, 0.4) is 0 Å². The molecule has 16 heavy (non-hydrogen) atoms. The zero-order valence-electron chi connectivity index (χ0n) is 10.6. The van der Waals surface area contributed by atoms with Crippen LogP contribution >= 0.6 is 11.8 Å². The highest BCUT2D eigenvalue weighted by atomic mass is 32.2. The number of rotatable bonds is 4. The van der Waals surface area contributed by atoms with Crippen LogP contribution in [0.5, 0.6) is 0 Å². The molecule has 0 heterocycles. The maximum atomic E-state index is 11.9. The average molecular weight is 236 g/mol. The van der Waals surface area contributed by atoms with Crippen molar-refractivity contribution in [1.82, 2.24) is 0 Å². The lowest BCUT2D eigenvalue weighted by atomic mass is 9.94. The molecule has 88 valence electrons. The fourth-order valence-electron chi connectivity index (χ4n) is 1.97. The van der Waals surface area contributed by atoms with E-state index < -0.39 is 0 Å². The minimum absolute atomic E-state index is 0.205. The van der Waals surface area contributed by atoms with Crippen molar-refractivity contribution in [2.45, 2.75) is 40.0 Å². The highest BCUT2D eigenvalue weighted by Crippen LogP contribution is 2.23. The molecule has 1 nitrogen and oxygen atoms in total. The van der Waals surface area contributed by atoms with E-state index in [1.165, 1.54) is 28.5 Å². The molecule has 0 saturated carbocycles. The Bertz CT molecular complexity index is 357. The predicted octanol–water partition coefficient (Wildman–Crippen LogP) is 3.88. The molecule has 0 radical (unpaired) electrons. The Balaban J connectivity index is 3.37. The van der Waals surface area contributed by atoms with Crippen molar-refractivity contribution in [1.29, 1.82) is 0 Å². The summed E-state index contributed by atoms with van der Waals surface area (Å²) in [5.41, 5.74) is 4.70. The highest BCUT2D eigenvalue weighted by Gasteiger charge is 2.14. The maximum absolute atomic E-state index is 11.9. The summed E-state index contributed by atoms with van der Waals surface area (Å²) in [5, 5.41) is 0.205. The molecular formula is C14H20OS. The Morgan fingerprint density at radius 1 is 1.06 bits per heavy atom. The fraction of sp³-hybridized carbons (Fsp3) is 0.500. The van der Waals surface area contributed by atoms with E-state index in [2.05, 4.69) is 32.9 Å². The van der Waals surface area contributed by atoms with Crippen LogP contribution in [-0.2, 0) is 19.3 Å². The molecule has 0 N–H and O–H groups in total. The lowest BCUT2D eigenvalue weighted by molar-refractivity contribution is 0.108. The molecule has 1 rings (SSSR count). The van der Waals surface area contributed by atoms with E-state index in [0.29, 0.717) is 0 Å². The summed E-state index contributed by atoms with van der Waals surface area (Å²) in [7, 11) is 0. The number of benzene rings is 1. The quantitative estimate of drug-likeness (QED) is 0.789. The Labute approximate surface area is 103 Å². The first-order valence-electron chi connectivity index (χ1n) is 5.90. The van der Waals surface area contributed by atoms with Gasteiger partial charge in [-0.25, -0.2) is 0 Å². The second kappa shape index (κ2) is 6.09. The summed E-state index contributed by atoms with van der Waals surface area (Å²) in [6.45, 7) is 6.39. The lowest BCUT2D eigenvalue weighted by Gasteiger charge is -2.13. The minimum atomic E-state index is 0.205. The molecule has 0 spiro atoms. The Hall–Kier alpha value is -0.760.